The van der Waals surface area contributed by atoms with Gasteiger partial charge in [-0.2, -0.15) is 0 Å². The minimum Gasteiger partial charge on any atom is -0.361 e. The predicted octanol–water partition coefficient (Wildman–Crippen LogP) is 4.74. The van der Waals surface area contributed by atoms with Gasteiger partial charge in [-0.05, 0) is 28.0 Å². The highest BCUT2D eigenvalue weighted by Crippen LogP contribution is 2.32. The second-order valence-corrected chi connectivity index (χ2v) is 7.69. The van der Waals surface area contributed by atoms with Crippen molar-refractivity contribution in [2.75, 3.05) is 0 Å². The highest BCUT2D eigenvalue weighted by Gasteiger charge is 2.43. The molecule has 4 aromatic carbocycles. The van der Waals surface area contributed by atoms with Gasteiger partial charge in [0.15, 0.2) is 12.4 Å². The number of hydrogen-bond acceptors (Lipinski definition) is 4. The van der Waals surface area contributed by atoms with Crippen LogP contribution in [-0.4, -0.2) is 18.8 Å². The third-order valence-electron chi connectivity index (χ3n) is 5.56. The molecule has 0 aliphatic carbocycles. The van der Waals surface area contributed by atoms with Gasteiger partial charge >= 0.3 is 0 Å². The fraction of sp³-hybridized carbons (Fsp3) is 0.143. The van der Waals surface area contributed by atoms with Crippen molar-refractivity contribution in [1.29, 1.82) is 0 Å². The molecule has 4 rings (SSSR count). The quantitative estimate of drug-likeness (QED) is 0.271. The maximum atomic E-state index is 12.3. The Morgan fingerprint density at radius 3 is 1.97 bits per heavy atom. The molecule has 0 heterocycles. The number of ether oxygens (including phenoxy) is 2. The molecule has 0 aromatic heterocycles. The van der Waals surface area contributed by atoms with E-state index in [4.69, 9.17) is 9.47 Å². The van der Waals surface area contributed by atoms with Crippen molar-refractivity contribution in [1.82, 2.24) is 5.32 Å². The first kappa shape index (κ1) is 22.4. The van der Waals surface area contributed by atoms with E-state index >= 15 is 0 Å². The molecule has 4 aromatic rings. The first-order valence-corrected chi connectivity index (χ1v) is 10.7. The van der Waals surface area contributed by atoms with Crippen LogP contribution in [0.1, 0.15) is 16.7 Å². The van der Waals surface area contributed by atoms with E-state index in [0.29, 0.717) is 18.3 Å². The van der Waals surface area contributed by atoms with E-state index in [1.54, 1.807) is 0 Å². The fourth-order valence-electron chi connectivity index (χ4n) is 3.83. The molecule has 0 unspecified atom stereocenters. The summed E-state index contributed by atoms with van der Waals surface area (Å²) in [5, 5.41) is 4.78. The second-order valence-electron chi connectivity index (χ2n) is 7.69. The summed E-state index contributed by atoms with van der Waals surface area (Å²) in [5.74, 6) is 0. The predicted molar refractivity (Wildman–Crippen MR) is 127 cm³/mol. The number of carbonyl (C=O) groups is 2. The largest absolute Gasteiger partial charge is 0.361 e. The third kappa shape index (κ3) is 5.17. The number of amides is 1. The van der Waals surface area contributed by atoms with Crippen molar-refractivity contribution in [3.8, 4) is 0 Å². The SMILES string of the molecule is O=CN[C@](OCc1ccccc1)(c1ccc2ccccc2c1)[C@H](C=O)OCc1ccccc1. The van der Waals surface area contributed by atoms with Gasteiger partial charge in [-0.25, -0.2) is 0 Å². The topological polar surface area (TPSA) is 64.6 Å². The van der Waals surface area contributed by atoms with Crippen LogP contribution in [0, 0.1) is 0 Å². The van der Waals surface area contributed by atoms with Gasteiger partial charge in [-0.15, -0.1) is 0 Å². The zero-order chi connectivity index (χ0) is 22.9. The zero-order valence-corrected chi connectivity index (χ0v) is 18.1. The maximum Gasteiger partial charge on any atom is 0.209 e. The summed E-state index contributed by atoms with van der Waals surface area (Å²) in [4.78, 5) is 24.1. The number of hydrogen-bond donors (Lipinski definition) is 1. The van der Waals surface area contributed by atoms with Crippen molar-refractivity contribution in [3.63, 3.8) is 0 Å². The smallest absolute Gasteiger partial charge is 0.209 e. The summed E-state index contributed by atoms with van der Waals surface area (Å²) in [5.41, 5.74) is 0.918. The Morgan fingerprint density at radius 1 is 0.727 bits per heavy atom. The van der Waals surface area contributed by atoms with Gasteiger partial charge in [0.2, 0.25) is 12.1 Å². The Hall–Kier alpha value is -3.80. The molecule has 0 bridgehead atoms. The van der Waals surface area contributed by atoms with Crippen molar-refractivity contribution in [2.24, 2.45) is 0 Å². The lowest BCUT2D eigenvalue weighted by Crippen LogP contribution is -2.55. The molecule has 2 atom stereocenters. The Bertz CT molecular complexity index is 1200. The van der Waals surface area contributed by atoms with Gasteiger partial charge in [-0.3, -0.25) is 4.79 Å². The van der Waals surface area contributed by atoms with Gasteiger partial charge in [-0.1, -0.05) is 97.1 Å². The number of nitrogens with one attached hydrogen (secondary N) is 1. The van der Waals surface area contributed by atoms with Gasteiger partial charge < -0.3 is 19.6 Å². The molecule has 33 heavy (non-hydrogen) atoms. The molecule has 5 nitrogen and oxygen atoms in total. The normalized spacial score (nSPS) is 13.7. The van der Waals surface area contributed by atoms with E-state index in [9.17, 15) is 9.59 Å². The third-order valence-corrected chi connectivity index (χ3v) is 5.56. The number of rotatable bonds is 11. The Kier molecular flexibility index (Phi) is 7.25. The van der Waals surface area contributed by atoms with Crippen molar-refractivity contribution in [2.45, 2.75) is 25.0 Å². The first-order valence-electron chi connectivity index (χ1n) is 10.7. The van der Waals surface area contributed by atoms with Crippen LogP contribution in [0.2, 0.25) is 0 Å². The van der Waals surface area contributed by atoms with Crippen LogP contribution >= 0.6 is 0 Å². The van der Waals surface area contributed by atoms with E-state index in [2.05, 4.69) is 5.32 Å². The van der Waals surface area contributed by atoms with Crippen molar-refractivity contribution < 1.29 is 19.1 Å². The summed E-state index contributed by atoms with van der Waals surface area (Å²) in [6.07, 6.45) is 0.134. The van der Waals surface area contributed by atoms with Gasteiger partial charge in [0, 0.05) is 5.56 Å². The number of carbonyl (C=O) groups excluding carboxylic acids is 2. The van der Waals surface area contributed by atoms with Crippen LogP contribution in [-0.2, 0) is 38.0 Å². The summed E-state index contributed by atoms with van der Waals surface area (Å²) in [7, 11) is 0. The van der Waals surface area contributed by atoms with Gasteiger partial charge in [0.25, 0.3) is 0 Å². The lowest BCUT2D eigenvalue weighted by atomic mass is 9.94. The van der Waals surface area contributed by atoms with Crippen LogP contribution in [0.5, 0.6) is 0 Å². The van der Waals surface area contributed by atoms with E-state index in [0.717, 1.165) is 21.9 Å². The van der Waals surface area contributed by atoms with E-state index in [1.807, 2.05) is 103 Å². The molecule has 0 aliphatic rings. The van der Waals surface area contributed by atoms with E-state index in [-0.39, 0.29) is 13.2 Å². The standard InChI is InChI=1S/C28H25NO4/c30-18-27(32-19-22-9-3-1-4-10-22)28(29-21-31,33-20-23-11-5-2-6-12-23)26-16-15-24-13-7-8-14-25(24)17-26/h1-18,21,27H,19-20H2,(H,29,31)/t27-,28-/m0/s1. The second kappa shape index (κ2) is 10.7. The summed E-state index contributed by atoms with van der Waals surface area (Å²) in [6.45, 7) is 0.363. The average Bonchev–Trinajstić information content (AvgIpc) is 2.88. The molecule has 5 heteroatoms. The fourth-order valence-corrected chi connectivity index (χ4v) is 3.83. The summed E-state index contributed by atoms with van der Waals surface area (Å²) >= 11 is 0. The Balaban J connectivity index is 1.74. The molecule has 0 spiro atoms. The molecular formula is C28H25NO4. The highest BCUT2D eigenvalue weighted by molar-refractivity contribution is 5.83. The monoisotopic (exact) mass is 439 g/mol. The molecule has 0 aliphatic heterocycles. The summed E-state index contributed by atoms with van der Waals surface area (Å²) < 4.78 is 12.4. The molecule has 0 saturated carbocycles. The van der Waals surface area contributed by atoms with Crippen LogP contribution in [0.15, 0.2) is 103 Å². The molecular weight excluding hydrogens is 414 g/mol. The lowest BCUT2D eigenvalue weighted by molar-refractivity contribution is -0.181. The molecule has 166 valence electrons. The first-order chi connectivity index (χ1) is 16.2. The van der Waals surface area contributed by atoms with E-state index in [1.165, 1.54) is 0 Å². The number of fused-ring (bicyclic) bond motifs is 1. The van der Waals surface area contributed by atoms with E-state index < -0.39 is 11.8 Å². The van der Waals surface area contributed by atoms with Gasteiger partial charge in [0.05, 0.1) is 13.2 Å². The minimum absolute atomic E-state index is 0.174. The molecule has 1 N–H and O–H groups in total. The van der Waals surface area contributed by atoms with Crippen LogP contribution in [0.4, 0.5) is 0 Å². The van der Waals surface area contributed by atoms with Crippen molar-refractivity contribution >= 4 is 23.5 Å². The number of aldehydes is 1. The van der Waals surface area contributed by atoms with Crippen LogP contribution in [0.3, 0.4) is 0 Å². The average molecular weight is 440 g/mol. The highest BCUT2D eigenvalue weighted by atomic mass is 16.6. The molecule has 0 radical (unpaired) electrons. The van der Waals surface area contributed by atoms with Gasteiger partial charge in [0.1, 0.15) is 0 Å². The Morgan fingerprint density at radius 2 is 1.33 bits per heavy atom. The maximum absolute atomic E-state index is 12.3. The molecule has 1 amide bonds. The van der Waals surface area contributed by atoms with Crippen LogP contribution < -0.4 is 5.32 Å². The Labute approximate surface area is 193 Å². The van der Waals surface area contributed by atoms with Crippen molar-refractivity contribution in [3.05, 3.63) is 120 Å². The lowest BCUT2D eigenvalue weighted by Gasteiger charge is -2.38. The molecule has 0 saturated heterocycles. The summed E-state index contributed by atoms with van der Waals surface area (Å²) in [6, 6.07) is 32.7. The zero-order valence-electron chi connectivity index (χ0n) is 18.1. The minimum atomic E-state index is -1.52. The van der Waals surface area contributed by atoms with Crippen LogP contribution in [0.25, 0.3) is 10.8 Å². The number of benzene rings is 4. The molecule has 0 fully saturated rings.